The Balaban J connectivity index is 1.69. The molecule has 0 radical (unpaired) electrons. The quantitative estimate of drug-likeness (QED) is 0.841. The lowest BCUT2D eigenvalue weighted by molar-refractivity contribution is -0.171. The average molecular weight is 343 g/mol. The van der Waals surface area contributed by atoms with Gasteiger partial charge in [-0.1, -0.05) is 6.07 Å². The van der Waals surface area contributed by atoms with E-state index < -0.39 is 6.10 Å². The molecule has 2 saturated heterocycles. The summed E-state index contributed by atoms with van der Waals surface area (Å²) < 4.78 is 5.83. The number of hydrogen-bond acceptors (Lipinski definition) is 4. The summed E-state index contributed by atoms with van der Waals surface area (Å²) in [5, 5.41) is 0. The van der Waals surface area contributed by atoms with Crippen LogP contribution < -0.4 is 0 Å². The topological polar surface area (TPSA) is 62.7 Å². The molecule has 0 bridgehead atoms. The highest BCUT2D eigenvalue weighted by molar-refractivity contribution is 5.87. The summed E-state index contributed by atoms with van der Waals surface area (Å²) in [6.07, 6.45) is 6.84. The second-order valence-electron chi connectivity index (χ2n) is 7.52. The third-order valence-electron chi connectivity index (χ3n) is 5.68. The molecule has 0 spiro atoms. The van der Waals surface area contributed by atoms with E-state index >= 15 is 0 Å². The van der Waals surface area contributed by atoms with Gasteiger partial charge >= 0.3 is 0 Å². The van der Waals surface area contributed by atoms with Crippen molar-refractivity contribution in [2.75, 3.05) is 6.61 Å². The van der Waals surface area contributed by atoms with Crippen molar-refractivity contribution in [1.29, 1.82) is 0 Å². The molecule has 134 valence electrons. The number of amides is 2. The number of carbonyl (C=O) groups is 2. The maximum Gasteiger partial charge on any atom is 0.254 e. The van der Waals surface area contributed by atoms with Gasteiger partial charge in [-0.25, -0.2) is 0 Å². The zero-order chi connectivity index (χ0) is 17.6. The van der Waals surface area contributed by atoms with Crippen LogP contribution in [0.4, 0.5) is 0 Å². The number of rotatable bonds is 3. The van der Waals surface area contributed by atoms with Gasteiger partial charge in [-0.15, -0.1) is 0 Å². The maximum absolute atomic E-state index is 13.3. The molecule has 0 unspecified atom stereocenters. The van der Waals surface area contributed by atoms with Gasteiger partial charge in [0.1, 0.15) is 6.61 Å². The summed E-state index contributed by atoms with van der Waals surface area (Å²) in [5.74, 6) is -0.0209. The predicted octanol–water partition coefficient (Wildman–Crippen LogP) is 1.91. The fourth-order valence-corrected chi connectivity index (χ4v) is 4.28. The second-order valence-corrected chi connectivity index (χ2v) is 7.52. The van der Waals surface area contributed by atoms with Crippen molar-refractivity contribution in [2.24, 2.45) is 0 Å². The van der Waals surface area contributed by atoms with Gasteiger partial charge in [-0.3, -0.25) is 14.6 Å². The molecule has 2 aliphatic heterocycles. The number of hydrogen-bond donors (Lipinski definition) is 0. The van der Waals surface area contributed by atoms with Crippen molar-refractivity contribution in [2.45, 2.75) is 69.8 Å². The van der Waals surface area contributed by atoms with Crippen molar-refractivity contribution in [1.82, 2.24) is 14.8 Å². The molecule has 4 rings (SSSR count). The number of likely N-dealkylation sites (tertiary alicyclic amines) is 1. The number of ether oxygens (including phenoxy) is 1. The van der Waals surface area contributed by atoms with Crippen LogP contribution in [-0.4, -0.2) is 57.4 Å². The van der Waals surface area contributed by atoms with Crippen LogP contribution in [0.2, 0.25) is 0 Å². The van der Waals surface area contributed by atoms with Crippen molar-refractivity contribution in [3.63, 3.8) is 0 Å². The van der Waals surface area contributed by atoms with E-state index in [0.717, 1.165) is 31.2 Å². The first-order chi connectivity index (χ1) is 12.1. The number of aromatic nitrogens is 1. The summed E-state index contributed by atoms with van der Waals surface area (Å²) in [4.78, 5) is 33.9. The summed E-state index contributed by atoms with van der Waals surface area (Å²) in [6, 6.07) is 4.06. The Hall–Kier alpha value is -1.95. The van der Waals surface area contributed by atoms with Crippen molar-refractivity contribution in [3.05, 3.63) is 30.1 Å². The first-order valence-corrected chi connectivity index (χ1v) is 9.22. The van der Waals surface area contributed by atoms with Crippen LogP contribution in [0.15, 0.2) is 24.5 Å². The Morgan fingerprint density at radius 2 is 1.92 bits per heavy atom. The summed E-state index contributed by atoms with van der Waals surface area (Å²) in [5.41, 5.74) is 0.875. The molecule has 2 amide bonds. The molecule has 3 heterocycles. The van der Waals surface area contributed by atoms with Crippen LogP contribution in [0.25, 0.3) is 0 Å². The molecule has 3 fully saturated rings. The van der Waals surface area contributed by atoms with E-state index in [0.29, 0.717) is 0 Å². The van der Waals surface area contributed by atoms with Gasteiger partial charge in [0.25, 0.3) is 5.91 Å². The monoisotopic (exact) mass is 343 g/mol. The fourth-order valence-electron chi connectivity index (χ4n) is 4.28. The highest BCUT2D eigenvalue weighted by Crippen LogP contribution is 2.40. The minimum atomic E-state index is -0.648. The largest absolute Gasteiger partial charge is 0.356 e. The lowest BCUT2D eigenvalue weighted by Gasteiger charge is -2.43. The zero-order valence-electron chi connectivity index (χ0n) is 14.8. The zero-order valence-corrected chi connectivity index (χ0v) is 14.8. The lowest BCUT2D eigenvalue weighted by atomic mass is 9.97. The van der Waals surface area contributed by atoms with E-state index in [1.54, 1.807) is 12.4 Å². The van der Waals surface area contributed by atoms with Crippen LogP contribution >= 0.6 is 0 Å². The highest BCUT2D eigenvalue weighted by atomic mass is 16.5. The molecule has 1 aromatic heterocycles. The van der Waals surface area contributed by atoms with Gasteiger partial charge in [0, 0.05) is 30.5 Å². The molecule has 6 heteroatoms. The van der Waals surface area contributed by atoms with E-state index in [-0.39, 0.29) is 42.6 Å². The Kier molecular flexibility index (Phi) is 4.23. The van der Waals surface area contributed by atoms with Crippen molar-refractivity contribution < 1.29 is 14.3 Å². The van der Waals surface area contributed by atoms with Gasteiger partial charge in [0.2, 0.25) is 5.91 Å². The first-order valence-electron chi connectivity index (χ1n) is 9.22. The van der Waals surface area contributed by atoms with E-state index in [4.69, 9.17) is 4.74 Å². The van der Waals surface area contributed by atoms with E-state index in [2.05, 4.69) is 18.8 Å². The molecule has 25 heavy (non-hydrogen) atoms. The minimum Gasteiger partial charge on any atom is -0.356 e. The van der Waals surface area contributed by atoms with E-state index in [1.165, 1.54) is 0 Å². The van der Waals surface area contributed by atoms with E-state index in [1.807, 2.05) is 21.9 Å². The van der Waals surface area contributed by atoms with Crippen LogP contribution in [-0.2, 0) is 14.3 Å². The van der Waals surface area contributed by atoms with Gasteiger partial charge < -0.3 is 14.5 Å². The van der Waals surface area contributed by atoms with Gasteiger partial charge in [-0.2, -0.15) is 0 Å². The summed E-state index contributed by atoms with van der Waals surface area (Å²) >= 11 is 0. The molecule has 1 aromatic rings. The third kappa shape index (κ3) is 2.92. The highest BCUT2D eigenvalue weighted by Gasteiger charge is 2.49. The lowest BCUT2D eigenvalue weighted by Crippen LogP contribution is -2.57. The Morgan fingerprint density at radius 3 is 2.52 bits per heavy atom. The molecule has 0 N–H and O–H groups in total. The van der Waals surface area contributed by atoms with Gasteiger partial charge in [0.15, 0.2) is 6.10 Å². The predicted molar refractivity (Wildman–Crippen MR) is 91.6 cm³/mol. The Labute approximate surface area is 148 Å². The fraction of sp³-hybridized carbons (Fsp3) is 0.632. The second kappa shape index (κ2) is 6.41. The van der Waals surface area contributed by atoms with Crippen LogP contribution in [0, 0.1) is 0 Å². The molecule has 4 atom stereocenters. The molecule has 0 aromatic carbocycles. The van der Waals surface area contributed by atoms with Gasteiger partial charge in [-0.05, 0) is 51.2 Å². The number of morpholine rings is 1. The first kappa shape index (κ1) is 16.5. The number of nitrogens with zero attached hydrogens (tertiary/aromatic N) is 3. The summed E-state index contributed by atoms with van der Waals surface area (Å²) in [7, 11) is 0. The van der Waals surface area contributed by atoms with Crippen LogP contribution in [0.5, 0.6) is 0 Å². The van der Waals surface area contributed by atoms with Crippen LogP contribution in [0.1, 0.15) is 51.1 Å². The van der Waals surface area contributed by atoms with Crippen molar-refractivity contribution in [3.8, 4) is 0 Å². The number of carbonyl (C=O) groups excluding carboxylic acids is 2. The normalized spacial score (nSPS) is 33.0. The molecule has 1 saturated carbocycles. The maximum atomic E-state index is 13.3. The molecule has 6 nitrogen and oxygen atoms in total. The average Bonchev–Trinajstić information content (AvgIpc) is 3.40. The standard InChI is InChI=1S/C19H25N3O3/c1-12-5-6-13(2)21(12)19(24)18-17(14-4-3-9-20-10-14)22(15-7-8-15)16(23)11-25-18/h3-4,9-10,12-13,15,17-18H,5-8,11H2,1-2H3/t12-,13+,17-,18+/m1/s1. The molecule has 3 aliphatic rings. The smallest absolute Gasteiger partial charge is 0.254 e. The van der Waals surface area contributed by atoms with Gasteiger partial charge in [0.05, 0.1) is 6.04 Å². The van der Waals surface area contributed by atoms with E-state index in [9.17, 15) is 9.59 Å². The van der Waals surface area contributed by atoms with Crippen molar-refractivity contribution >= 4 is 11.8 Å². The minimum absolute atomic E-state index is 0.00417. The SMILES string of the molecule is C[C@@H]1CC[C@H](C)N1C(=O)[C@H]1OCC(=O)N(C2CC2)[C@@H]1c1cccnc1. The third-order valence-corrected chi connectivity index (χ3v) is 5.68. The molecular weight excluding hydrogens is 318 g/mol. The Morgan fingerprint density at radius 1 is 1.20 bits per heavy atom. The van der Waals surface area contributed by atoms with Crippen LogP contribution in [0.3, 0.4) is 0 Å². The summed E-state index contributed by atoms with van der Waals surface area (Å²) in [6.45, 7) is 4.17. The molecule has 1 aliphatic carbocycles. The number of pyridine rings is 1. The Bertz CT molecular complexity index is 651. The molecular formula is C19H25N3O3.